The molecule has 1 saturated heterocycles. The largest absolute Gasteiger partial charge is 0.455 e. The van der Waals surface area contributed by atoms with Crippen molar-refractivity contribution in [1.82, 2.24) is 14.9 Å². The molecule has 1 aliphatic rings. The van der Waals surface area contributed by atoms with Crippen molar-refractivity contribution >= 4 is 52.2 Å². The third kappa shape index (κ3) is 8.65. The van der Waals surface area contributed by atoms with E-state index in [1.54, 1.807) is 27.7 Å². The Balaban J connectivity index is 1.68. The van der Waals surface area contributed by atoms with Gasteiger partial charge in [0.25, 0.3) is 21.8 Å². The number of rotatable bonds is 12. The average Bonchev–Trinajstić information content (AvgIpc) is 3.44. The second-order valence-electron chi connectivity index (χ2n) is 11.3. The number of hydrogen-bond donors (Lipinski definition) is 4. The van der Waals surface area contributed by atoms with Gasteiger partial charge in [-0.25, -0.2) is 13.1 Å². The Labute approximate surface area is 257 Å². The number of nitrogens with one attached hydrogen (secondary N) is 2. The molecule has 11 nitrogen and oxygen atoms in total. The highest BCUT2D eigenvalue weighted by atomic mass is 35.5. The Hall–Kier alpha value is -3.26. The van der Waals surface area contributed by atoms with Crippen molar-refractivity contribution in [2.24, 2.45) is 11.8 Å². The summed E-state index contributed by atoms with van der Waals surface area (Å²) in [5, 5.41) is 22.5. The number of likely N-dealkylation sites (tertiary alicyclic amines) is 1. The van der Waals surface area contributed by atoms with Gasteiger partial charge in [0.15, 0.2) is 5.78 Å². The summed E-state index contributed by atoms with van der Waals surface area (Å²) < 4.78 is 27.0. The highest BCUT2D eigenvalue weighted by Gasteiger charge is 2.40. The molecule has 0 radical (unpaired) electrons. The molecule has 3 atom stereocenters. The van der Waals surface area contributed by atoms with Crippen molar-refractivity contribution in [3.63, 3.8) is 0 Å². The fourth-order valence-electron chi connectivity index (χ4n) is 4.96. The molecule has 0 bridgehead atoms. The fraction of sp³-hybridized carbons (Fsp3) is 0.448. The van der Waals surface area contributed by atoms with Crippen LogP contribution in [0.25, 0.3) is 0 Å². The van der Waals surface area contributed by atoms with Gasteiger partial charge in [-0.15, -0.1) is 0 Å². The normalized spacial score (nSPS) is 16.6. The Morgan fingerprint density at radius 1 is 0.930 bits per heavy atom. The van der Waals surface area contributed by atoms with E-state index in [1.165, 1.54) is 53.4 Å². The van der Waals surface area contributed by atoms with Gasteiger partial charge in [0.1, 0.15) is 6.04 Å². The first-order valence-electron chi connectivity index (χ1n) is 14.0. The number of amides is 3. The van der Waals surface area contributed by atoms with Crippen molar-refractivity contribution in [1.29, 1.82) is 0 Å². The van der Waals surface area contributed by atoms with Gasteiger partial charge in [0, 0.05) is 34.9 Å². The van der Waals surface area contributed by atoms with E-state index in [4.69, 9.17) is 11.6 Å². The van der Waals surface area contributed by atoms with Crippen LogP contribution in [0.4, 0.5) is 0 Å². The van der Waals surface area contributed by atoms with Crippen molar-refractivity contribution in [2.75, 3.05) is 6.54 Å². The van der Waals surface area contributed by atoms with Crippen molar-refractivity contribution < 1.29 is 37.6 Å². The minimum Gasteiger partial charge on any atom is -0.427 e. The van der Waals surface area contributed by atoms with Gasteiger partial charge in [0.05, 0.1) is 10.9 Å². The molecular formula is C29H37BClN3O8S. The Morgan fingerprint density at radius 3 is 2.00 bits per heavy atom. The van der Waals surface area contributed by atoms with E-state index < -0.39 is 52.8 Å². The van der Waals surface area contributed by atoms with Crippen LogP contribution in [0.15, 0.2) is 53.4 Å². The topological polar surface area (TPSA) is 170 Å². The fourth-order valence-corrected chi connectivity index (χ4v) is 6.06. The summed E-state index contributed by atoms with van der Waals surface area (Å²) in [6.07, 6.45) is 0.975. The zero-order valence-corrected chi connectivity index (χ0v) is 26.1. The number of Topliss-reactive ketones (excluding diaryl/α,β-unsaturated/α-hetero) is 1. The summed E-state index contributed by atoms with van der Waals surface area (Å²) in [6, 6.07) is 8.91. The van der Waals surface area contributed by atoms with Gasteiger partial charge in [-0.05, 0) is 73.2 Å². The molecule has 0 spiro atoms. The zero-order valence-electron chi connectivity index (χ0n) is 24.5. The lowest BCUT2D eigenvalue weighted by molar-refractivity contribution is -0.140. The van der Waals surface area contributed by atoms with Gasteiger partial charge in [-0.2, -0.15) is 0 Å². The number of hydrogen-bond acceptors (Lipinski definition) is 8. The molecule has 1 heterocycles. The number of ketones is 1. The number of carbonyl (C=O) groups is 4. The van der Waals surface area contributed by atoms with Crippen LogP contribution in [0, 0.1) is 11.8 Å². The minimum absolute atomic E-state index is 0.00306. The van der Waals surface area contributed by atoms with E-state index in [-0.39, 0.29) is 40.1 Å². The molecule has 232 valence electrons. The lowest BCUT2D eigenvalue weighted by Crippen LogP contribution is -2.54. The molecule has 1 aliphatic heterocycles. The van der Waals surface area contributed by atoms with E-state index in [0.29, 0.717) is 24.4 Å². The van der Waals surface area contributed by atoms with Crippen LogP contribution < -0.4 is 10.0 Å². The summed E-state index contributed by atoms with van der Waals surface area (Å²) >= 11 is 5.79. The van der Waals surface area contributed by atoms with Crippen molar-refractivity contribution in [2.45, 2.75) is 69.8 Å². The monoisotopic (exact) mass is 633 g/mol. The number of nitrogens with zero attached hydrogens (tertiary/aromatic N) is 1. The summed E-state index contributed by atoms with van der Waals surface area (Å²) in [6.45, 7) is 7.45. The summed E-state index contributed by atoms with van der Waals surface area (Å²) in [5.41, 5.74) is 0.137. The first-order chi connectivity index (χ1) is 20.1. The maximum atomic E-state index is 13.6. The highest BCUT2D eigenvalue weighted by molar-refractivity contribution is 7.90. The molecule has 3 rings (SSSR count). The van der Waals surface area contributed by atoms with Gasteiger partial charge < -0.3 is 20.3 Å². The molecule has 0 aromatic heterocycles. The van der Waals surface area contributed by atoms with E-state index >= 15 is 0 Å². The molecule has 14 heteroatoms. The number of halogens is 1. The van der Waals surface area contributed by atoms with Crippen molar-refractivity contribution in [3.8, 4) is 0 Å². The third-order valence-corrected chi connectivity index (χ3v) is 9.16. The number of benzene rings is 2. The van der Waals surface area contributed by atoms with Gasteiger partial charge in [0.2, 0.25) is 5.91 Å². The third-order valence-electron chi connectivity index (χ3n) is 7.56. The molecule has 1 fully saturated rings. The minimum atomic E-state index is -4.15. The average molecular weight is 634 g/mol. The Kier molecular flexibility index (Phi) is 11.5. The highest BCUT2D eigenvalue weighted by Crippen LogP contribution is 2.29. The summed E-state index contributed by atoms with van der Waals surface area (Å²) in [7, 11) is -5.80. The lowest BCUT2D eigenvalue weighted by atomic mass is 9.64. The van der Waals surface area contributed by atoms with E-state index in [1.807, 2.05) is 4.72 Å². The van der Waals surface area contributed by atoms with Crippen LogP contribution in [0.2, 0.25) is 10.8 Å². The first kappa shape index (κ1) is 34.2. The Bertz CT molecular complexity index is 1420. The van der Waals surface area contributed by atoms with Crippen LogP contribution in [0.5, 0.6) is 0 Å². The molecular weight excluding hydrogens is 597 g/mol. The molecule has 3 amide bonds. The second-order valence-corrected chi connectivity index (χ2v) is 13.5. The van der Waals surface area contributed by atoms with Crippen LogP contribution in [0.3, 0.4) is 0 Å². The lowest BCUT2D eigenvalue weighted by Gasteiger charge is -2.31. The standard InChI is InChI=1S/C29H37BClN3O8S/c1-17(2)23(30(39)40)16-25(35)24-6-5-15-34(24)29(38)26(18(3)4)32-27(36)19-7-9-20(10-8-19)28(37)33-43(41,42)22-13-11-21(31)12-14-22/h7-14,17-18,23-24,26,39-40H,5-6,15-16H2,1-4H3,(H,32,36)(H,33,37)/t23-,24-,26-/m0/s1. The number of carbonyl (C=O) groups excluding carboxylic acids is 4. The quantitative estimate of drug-likeness (QED) is 0.259. The van der Waals surface area contributed by atoms with Crippen molar-refractivity contribution in [3.05, 3.63) is 64.7 Å². The predicted molar refractivity (Wildman–Crippen MR) is 162 cm³/mol. The summed E-state index contributed by atoms with van der Waals surface area (Å²) in [5.74, 6) is -3.27. The SMILES string of the molecule is CC(C)[C@H](CC(=O)[C@@H]1CCCN1C(=O)[C@@H](NC(=O)c1ccc(C(=O)NS(=O)(=O)c2ccc(Cl)cc2)cc1)C(C)C)B(O)O. The maximum absolute atomic E-state index is 13.6. The van der Waals surface area contributed by atoms with Crippen LogP contribution in [-0.4, -0.2) is 72.6 Å². The van der Waals surface area contributed by atoms with E-state index in [0.717, 1.165) is 0 Å². The predicted octanol–water partition coefficient (Wildman–Crippen LogP) is 2.66. The van der Waals surface area contributed by atoms with E-state index in [9.17, 15) is 37.6 Å². The second kappa shape index (κ2) is 14.5. The van der Waals surface area contributed by atoms with E-state index in [2.05, 4.69) is 5.32 Å². The maximum Gasteiger partial charge on any atom is 0.455 e. The molecule has 2 aromatic rings. The van der Waals surface area contributed by atoms with Crippen LogP contribution in [-0.2, 0) is 19.6 Å². The van der Waals surface area contributed by atoms with Gasteiger partial charge in [-0.1, -0.05) is 39.3 Å². The number of sulfonamides is 1. The van der Waals surface area contributed by atoms with Gasteiger partial charge in [-0.3, -0.25) is 19.2 Å². The molecule has 0 aliphatic carbocycles. The summed E-state index contributed by atoms with van der Waals surface area (Å²) in [4.78, 5) is 53.7. The molecule has 0 saturated carbocycles. The first-order valence-corrected chi connectivity index (χ1v) is 15.9. The van der Waals surface area contributed by atoms with Crippen LogP contribution >= 0.6 is 11.6 Å². The van der Waals surface area contributed by atoms with Gasteiger partial charge >= 0.3 is 7.12 Å². The zero-order chi connectivity index (χ0) is 32.1. The van der Waals surface area contributed by atoms with Crippen LogP contribution in [0.1, 0.15) is 67.7 Å². The molecule has 2 aromatic carbocycles. The Morgan fingerprint density at radius 2 is 1.49 bits per heavy atom. The molecule has 4 N–H and O–H groups in total. The molecule has 0 unspecified atom stereocenters. The smallest absolute Gasteiger partial charge is 0.427 e. The molecule has 43 heavy (non-hydrogen) atoms.